The summed E-state index contributed by atoms with van der Waals surface area (Å²) in [5, 5.41) is 14.6. The standard InChI is InChI=1S/C37H32N4O5/c1-40-21-26(20-38-40)25-11-12-33-30(17-25)32(42)19-37(46-33)13-15-41(16-14-37)35(43)31-18-29(23-7-9-24(10-8-23)36(44)45)28-4-2-3-27(22-5-6-22)34(28)39-31/h2-4,7-12,17-18,20-22H,5-6,13-16,19H2,1H3,(H,44,45). The van der Waals surface area contributed by atoms with E-state index in [9.17, 15) is 19.5 Å². The van der Waals surface area contributed by atoms with Gasteiger partial charge in [-0.3, -0.25) is 14.3 Å². The third-order valence-electron chi connectivity index (χ3n) is 9.64. The van der Waals surface area contributed by atoms with Crippen molar-refractivity contribution >= 4 is 28.6 Å². The highest BCUT2D eigenvalue weighted by Gasteiger charge is 2.44. The van der Waals surface area contributed by atoms with Crippen LogP contribution in [0.5, 0.6) is 5.75 Å². The van der Waals surface area contributed by atoms with Crippen LogP contribution in [0.15, 0.2) is 79.1 Å². The minimum absolute atomic E-state index is 0.0501. The molecule has 9 heteroatoms. The second-order valence-corrected chi connectivity index (χ2v) is 12.7. The Balaban J connectivity index is 1.06. The molecule has 0 unspecified atom stereocenters. The third-order valence-corrected chi connectivity index (χ3v) is 9.64. The molecule has 2 fully saturated rings. The van der Waals surface area contributed by atoms with Gasteiger partial charge in [0.05, 0.1) is 29.3 Å². The second-order valence-electron chi connectivity index (χ2n) is 12.7. The highest BCUT2D eigenvalue weighted by molar-refractivity contribution is 6.03. The molecule has 1 amide bonds. The van der Waals surface area contributed by atoms with Crippen molar-refractivity contribution in [1.82, 2.24) is 19.7 Å². The van der Waals surface area contributed by atoms with Gasteiger partial charge in [0.2, 0.25) is 0 Å². The summed E-state index contributed by atoms with van der Waals surface area (Å²) < 4.78 is 8.27. The fourth-order valence-corrected chi connectivity index (χ4v) is 6.94. The maximum absolute atomic E-state index is 14.0. The number of amides is 1. The van der Waals surface area contributed by atoms with Gasteiger partial charge in [0, 0.05) is 50.1 Å². The number of fused-ring (bicyclic) bond motifs is 2. The lowest BCUT2D eigenvalue weighted by atomic mass is 9.82. The maximum atomic E-state index is 14.0. The smallest absolute Gasteiger partial charge is 0.335 e. The van der Waals surface area contributed by atoms with Crippen LogP contribution >= 0.6 is 0 Å². The molecule has 46 heavy (non-hydrogen) atoms. The van der Waals surface area contributed by atoms with E-state index in [2.05, 4.69) is 11.2 Å². The molecule has 1 saturated heterocycles. The number of rotatable bonds is 5. The molecule has 0 bridgehead atoms. The van der Waals surface area contributed by atoms with E-state index < -0.39 is 11.6 Å². The van der Waals surface area contributed by atoms with E-state index in [1.54, 1.807) is 35.1 Å². The number of para-hydroxylation sites is 1. The fourth-order valence-electron chi connectivity index (χ4n) is 6.94. The van der Waals surface area contributed by atoms with Crippen LogP contribution in [0.25, 0.3) is 33.2 Å². The molecule has 8 rings (SSSR count). The first-order valence-corrected chi connectivity index (χ1v) is 15.7. The van der Waals surface area contributed by atoms with E-state index in [0.29, 0.717) is 48.9 Å². The number of hydrogen-bond acceptors (Lipinski definition) is 6. The van der Waals surface area contributed by atoms with Crippen molar-refractivity contribution in [2.45, 2.75) is 43.6 Å². The van der Waals surface area contributed by atoms with Gasteiger partial charge in [0.25, 0.3) is 5.91 Å². The summed E-state index contributed by atoms with van der Waals surface area (Å²) in [5.41, 5.74) is 6.02. The Morgan fingerprint density at radius 3 is 2.39 bits per heavy atom. The van der Waals surface area contributed by atoms with Gasteiger partial charge >= 0.3 is 5.97 Å². The predicted molar refractivity (Wildman–Crippen MR) is 172 cm³/mol. The largest absolute Gasteiger partial charge is 0.486 e. The summed E-state index contributed by atoms with van der Waals surface area (Å²) in [4.78, 5) is 45.7. The van der Waals surface area contributed by atoms with Gasteiger partial charge in [-0.1, -0.05) is 36.4 Å². The van der Waals surface area contributed by atoms with E-state index in [1.165, 1.54) is 0 Å². The average molecular weight is 613 g/mol. The molecule has 3 aromatic carbocycles. The summed E-state index contributed by atoms with van der Waals surface area (Å²) in [6.07, 6.45) is 7.24. The molecule has 3 aliphatic rings. The number of likely N-dealkylation sites (tertiary alicyclic amines) is 1. The molecule has 1 aliphatic carbocycles. The number of carboxylic acids is 1. The molecule has 1 saturated carbocycles. The van der Waals surface area contributed by atoms with E-state index in [-0.39, 0.29) is 23.7 Å². The van der Waals surface area contributed by atoms with Gasteiger partial charge < -0.3 is 14.7 Å². The van der Waals surface area contributed by atoms with Gasteiger partial charge in [-0.25, -0.2) is 9.78 Å². The third kappa shape index (κ3) is 4.92. The number of ether oxygens (including phenoxy) is 1. The Kier molecular flexibility index (Phi) is 6.53. The highest BCUT2D eigenvalue weighted by atomic mass is 16.5. The van der Waals surface area contributed by atoms with Gasteiger partial charge in [-0.2, -0.15) is 5.10 Å². The number of carbonyl (C=O) groups is 3. The number of carbonyl (C=O) groups excluding carboxylic acids is 2. The van der Waals surface area contributed by atoms with Crippen molar-refractivity contribution in [3.63, 3.8) is 0 Å². The molecule has 230 valence electrons. The predicted octanol–water partition coefficient (Wildman–Crippen LogP) is 6.52. The minimum Gasteiger partial charge on any atom is -0.486 e. The van der Waals surface area contributed by atoms with Crippen LogP contribution < -0.4 is 4.74 Å². The maximum Gasteiger partial charge on any atom is 0.335 e. The summed E-state index contributed by atoms with van der Waals surface area (Å²) in [6.45, 7) is 0.893. The lowest BCUT2D eigenvalue weighted by Crippen LogP contribution is -2.52. The summed E-state index contributed by atoms with van der Waals surface area (Å²) in [5.74, 6) is -0.0694. The molecular weight excluding hydrogens is 580 g/mol. The van der Waals surface area contributed by atoms with Gasteiger partial charge in [-0.15, -0.1) is 0 Å². The molecule has 2 aliphatic heterocycles. The summed E-state index contributed by atoms with van der Waals surface area (Å²) >= 11 is 0. The molecule has 2 aromatic heterocycles. The van der Waals surface area contributed by atoms with Crippen LogP contribution in [0.1, 0.15) is 74.8 Å². The Labute approximate surface area is 265 Å². The number of Topliss-reactive ketones (excluding diaryl/α,β-unsaturated/α-hetero) is 1. The highest BCUT2D eigenvalue weighted by Crippen LogP contribution is 2.45. The van der Waals surface area contributed by atoms with Crippen molar-refractivity contribution in [3.8, 4) is 28.0 Å². The number of benzene rings is 3. The van der Waals surface area contributed by atoms with Crippen LogP contribution in [0.4, 0.5) is 0 Å². The zero-order valence-electron chi connectivity index (χ0n) is 25.4. The number of hydrogen-bond donors (Lipinski definition) is 1. The Bertz CT molecular complexity index is 2050. The number of piperidine rings is 1. The van der Waals surface area contributed by atoms with Crippen LogP contribution in [-0.2, 0) is 7.05 Å². The number of nitrogens with zero attached hydrogens (tertiary/aromatic N) is 4. The van der Waals surface area contributed by atoms with Crippen molar-refractivity contribution in [2.75, 3.05) is 13.1 Å². The number of ketones is 1. The van der Waals surface area contributed by atoms with Crippen LogP contribution in [0.3, 0.4) is 0 Å². The summed E-state index contributed by atoms with van der Waals surface area (Å²) in [6, 6.07) is 20.4. The van der Waals surface area contributed by atoms with E-state index in [0.717, 1.165) is 51.6 Å². The SMILES string of the molecule is Cn1cc(-c2ccc3c(c2)C(=O)CC2(CCN(C(=O)c4cc(-c5ccc(C(=O)O)cc5)c5cccc(C6CC6)c5n4)CC2)O3)cn1. The zero-order valence-corrected chi connectivity index (χ0v) is 25.4. The second kappa shape index (κ2) is 10.7. The monoisotopic (exact) mass is 612 g/mol. The lowest BCUT2D eigenvalue weighted by molar-refractivity contribution is -0.00584. The number of pyridine rings is 1. The molecule has 4 heterocycles. The molecule has 9 nitrogen and oxygen atoms in total. The molecule has 1 spiro atoms. The van der Waals surface area contributed by atoms with Crippen LogP contribution in [0.2, 0.25) is 0 Å². The fraction of sp³-hybridized carbons (Fsp3) is 0.270. The molecule has 0 radical (unpaired) electrons. The summed E-state index contributed by atoms with van der Waals surface area (Å²) in [7, 11) is 1.86. The number of aryl methyl sites for hydroxylation is 1. The van der Waals surface area contributed by atoms with Crippen molar-refractivity contribution in [2.24, 2.45) is 7.05 Å². The lowest BCUT2D eigenvalue weighted by Gasteiger charge is -2.44. The normalized spacial score (nSPS) is 17.2. The van der Waals surface area contributed by atoms with Crippen LogP contribution in [0, 0.1) is 0 Å². The number of aromatic nitrogens is 3. The van der Waals surface area contributed by atoms with Gasteiger partial charge in [0.1, 0.15) is 17.0 Å². The molecule has 1 N–H and O–H groups in total. The quantitative estimate of drug-likeness (QED) is 0.240. The topological polar surface area (TPSA) is 115 Å². The van der Waals surface area contributed by atoms with Crippen molar-refractivity contribution in [3.05, 3.63) is 102 Å². The zero-order chi connectivity index (χ0) is 31.6. The van der Waals surface area contributed by atoms with Crippen molar-refractivity contribution < 1.29 is 24.2 Å². The first-order valence-electron chi connectivity index (χ1n) is 15.7. The van der Waals surface area contributed by atoms with Crippen molar-refractivity contribution in [1.29, 1.82) is 0 Å². The minimum atomic E-state index is -0.984. The first-order chi connectivity index (χ1) is 22.3. The van der Waals surface area contributed by atoms with Crippen LogP contribution in [-0.4, -0.2) is 61.1 Å². The Morgan fingerprint density at radius 1 is 0.935 bits per heavy atom. The molecular formula is C37H32N4O5. The van der Waals surface area contributed by atoms with E-state index in [4.69, 9.17) is 9.72 Å². The first kappa shape index (κ1) is 28.2. The number of aromatic carboxylic acids is 1. The Morgan fingerprint density at radius 2 is 1.70 bits per heavy atom. The molecule has 0 atom stereocenters. The van der Waals surface area contributed by atoms with E-state index >= 15 is 0 Å². The number of carboxylic acid groups (broad SMARTS) is 1. The van der Waals surface area contributed by atoms with E-state index in [1.807, 2.05) is 54.5 Å². The Hall–Kier alpha value is -5.31. The molecule has 5 aromatic rings. The van der Waals surface area contributed by atoms with Gasteiger partial charge in [0.15, 0.2) is 5.78 Å². The average Bonchev–Trinajstić information content (AvgIpc) is 3.83. The van der Waals surface area contributed by atoms with Gasteiger partial charge in [-0.05, 0) is 71.3 Å².